The molecule has 0 fully saturated rings. The zero-order valence-corrected chi connectivity index (χ0v) is 10.7. The minimum Gasteiger partial charge on any atom is -0.391 e. The lowest BCUT2D eigenvalue weighted by Gasteiger charge is -2.12. The molecule has 0 bridgehead atoms. The highest BCUT2D eigenvalue weighted by atomic mass is 35.5. The average molecular weight is 248 g/mol. The zero-order valence-electron chi connectivity index (χ0n) is 9.16. The Kier molecular flexibility index (Phi) is 5.61. The van der Waals surface area contributed by atoms with Crippen LogP contribution in [0.2, 0.25) is 4.34 Å². The van der Waals surface area contributed by atoms with Gasteiger partial charge in [-0.2, -0.15) is 0 Å². The standard InChI is InChI=1S/C11H18ClNOS/c1-8(2)6-13-7-9(14)5-10-3-4-11(12)15-10/h3-4,8-9,13-14H,5-7H2,1-2H3. The molecule has 0 aliphatic carbocycles. The minimum atomic E-state index is -0.321. The number of thiophene rings is 1. The Morgan fingerprint density at radius 1 is 1.40 bits per heavy atom. The first-order valence-corrected chi connectivity index (χ1v) is 6.40. The molecule has 0 aliphatic heterocycles. The van der Waals surface area contributed by atoms with Crippen molar-refractivity contribution in [1.29, 1.82) is 0 Å². The molecule has 2 nitrogen and oxygen atoms in total. The van der Waals surface area contributed by atoms with Gasteiger partial charge < -0.3 is 10.4 Å². The van der Waals surface area contributed by atoms with E-state index in [1.54, 1.807) is 0 Å². The molecule has 4 heteroatoms. The largest absolute Gasteiger partial charge is 0.391 e. The van der Waals surface area contributed by atoms with E-state index in [2.05, 4.69) is 19.2 Å². The molecule has 0 saturated heterocycles. The fourth-order valence-corrected chi connectivity index (χ4v) is 2.46. The van der Waals surface area contributed by atoms with Gasteiger partial charge in [0.1, 0.15) is 0 Å². The van der Waals surface area contributed by atoms with Gasteiger partial charge in [-0.25, -0.2) is 0 Å². The first-order chi connectivity index (χ1) is 7.08. The summed E-state index contributed by atoms with van der Waals surface area (Å²) in [4.78, 5) is 1.14. The highest BCUT2D eigenvalue weighted by molar-refractivity contribution is 7.16. The summed E-state index contributed by atoms with van der Waals surface area (Å²) in [5, 5.41) is 13.0. The molecule has 0 radical (unpaired) electrons. The Hall–Kier alpha value is -0.0900. The first-order valence-electron chi connectivity index (χ1n) is 5.21. The van der Waals surface area contributed by atoms with E-state index >= 15 is 0 Å². The molecule has 86 valence electrons. The summed E-state index contributed by atoms with van der Waals surface area (Å²) in [7, 11) is 0. The average Bonchev–Trinajstić information content (AvgIpc) is 2.50. The summed E-state index contributed by atoms with van der Waals surface area (Å²) in [6, 6.07) is 3.84. The van der Waals surface area contributed by atoms with Crippen LogP contribution >= 0.6 is 22.9 Å². The van der Waals surface area contributed by atoms with Gasteiger partial charge in [-0.1, -0.05) is 25.4 Å². The highest BCUT2D eigenvalue weighted by Gasteiger charge is 2.07. The number of hydrogen-bond donors (Lipinski definition) is 2. The van der Waals surface area contributed by atoms with E-state index in [1.807, 2.05) is 12.1 Å². The van der Waals surface area contributed by atoms with Crippen molar-refractivity contribution in [3.8, 4) is 0 Å². The molecule has 1 rings (SSSR count). The van der Waals surface area contributed by atoms with Crippen LogP contribution < -0.4 is 5.32 Å². The molecule has 0 spiro atoms. The second kappa shape index (κ2) is 6.48. The lowest BCUT2D eigenvalue weighted by molar-refractivity contribution is 0.171. The molecule has 1 unspecified atom stereocenters. The Balaban J connectivity index is 2.21. The summed E-state index contributed by atoms with van der Waals surface area (Å²) < 4.78 is 0.785. The third kappa shape index (κ3) is 5.52. The molecule has 1 aromatic heterocycles. The van der Waals surface area contributed by atoms with Gasteiger partial charge in [-0.15, -0.1) is 11.3 Å². The monoisotopic (exact) mass is 247 g/mol. The van der Waals surface area contributed by atoms with Crippen molar-refractivity contribution in [1.82, 2.24) is 5.32 Å². The predicted octanol–water partition coefficient (Wildman–Crippen LogP) is 2.55. The van der Waals surface area contributed by atoms with E-state index in [0.717, 1.165) is 15.8 Å². The van der Waals surface area contributed by atoms with E-state index in [9.17, 15) is 5.11 Å². The Morgan fingerprint density at radius 3 is 2.67 bits per heavy atom. The predicted molar refractivity (Wildman–Crippen MR) is 66.7 cm³/mol. The molecule has 1 aromatic rings. The third-order valence-corrected chi connectivity index (χ3v) is 3.25. The molecular weight excluding hydrogens is 230 g/mol. The van der Waals surface area contributed by atoms with Crippen molar-refractivity contribution in [2.45, 2.75) is 26.4 Å². The second-order valence-corrected chi connectivity index (χ2v) is 5.92. The quantitative estimate of drug-likeness (QED) is 0.810. The van der Waals surface area contributed by atoms with Crippen LogP contribution in [0.1, 0.15) is 18.7 Å². The lowest BCUT2D eigenvalue weighted by atomic mass is 10.2. The Labute approximate surface area is 100 Å². The fourth-order valence-electron chi connectivity index (χ4n) is 1.30. The maximum atomic E-state index is 9.73. The molecule has 0 aromatic carbocycles. The van der Waals surface area contributed by atoms with Crippen molar-refractivity contribution < 1.29 is 5.11 Å². The van der Waals surface area contributed by atoms with Crippen LogP contribution in [-0.4, -0.2) is 24.3 Å². The second-order valence-electron chi connectivity index (χ2n) is 4.12. The van der Waals surface area contributed by atoms with Gasteiger partial charge in [0.15, 0.2) is 0 Å². The minimum absolute atomic E-state index is 0.321. The summed E-state index contributed by atoms with van der Waals surface area (Å²) in [6.45, 7) is 5.90. The number of nitrogens with one attached hydrogen (secondary N) is 1. The molecule has 0 saturated carbocycles. The number of aliphatic hydroxyl groups is 1. The van der Waals surface area contributed by atoms with Gasteiger partial charge in [0.2, 0.25) is 0 Å². The van der Waals surface area contributed by atoms with Gasteiger partial charge in [0.25, 0.3) is 0 Å². The molecule has 2 N–H and O–H groups in total. The zero-order chi connectivity index (χ0) is 11.3. The number of rotatable bonds is 6. The van der Waals surface area contributed by atoms with E-state index in [-0.39, 0.29) is 6.10 Å². The summed E-state index contributed by atoms with van der Waals surface area (Å²) in [6.07, 6.45) is 0.362. The number of hydrogen-bond acceptors (Lipinski definition) is 3. The number of halogens is 1. The normalized spacial score (nSPS) is 13.4. The van der Waals surface area contributed by atoms with E-state index in [0.29, 0.717) is 18.9 Å². The van der Waals surface area contributed by atoms with Crippen LogP contribution in [0, 0.1) is 5.92 Å². The lowest BCUT2D eigenvalue weighted by Crippen LogP contribution is -2.30. The smallest absolute Gasteiger partial charge is 0.0931 e. The van der Waals surface area contributed by atoms with Gasteiger partial charge in [0.05, 0.1) is 10.4 Å². The van der Waals surface area contributed by atoms with Gasteiger partial charge in [-0.3, -0.25) is 0 Å². The van der Waals surface area contributed by atoms with Gasteiger partial charge in [-0.05, 0) is 24.6 Å². The van der Waals surface area contributed by atoms with Crippen LogP contribution in [-0.2, 0) is 6.42 Å². The summed E-state index contributed by atoms with van der Waals surface area (Å²) in [5.41, 5.74) is 0. The van der Waals surface area contributed by atoms with Crippen LogP contribution in [0.3, 0.4) is 0 Å². The van der Waals surface area contributed by atoms with Crippen molar-refractivity contribution in [2.24, 2.45) is 5.92 Å². The topological polar surface area (TPSA) is 32.3 Å². The van der Waals surface area contributed by atoms with E-state index < -0.39 is 0 Å². The molecule has 1 atom stereocenters. The molecule has 0 aliphatic rings. The fraction of sp³-hybridized carbons (Fsp3) is 0.636. The van der Waals surface area contributed by atoms with Crippen molar-refractivity contribution in [3.05, 3.63) is 21.3 Å². The van der Waals surface area contributed by atoms with Crippen LogP contribution in [0.5, 0.6) is 0 Å². The van der Waals surface area contributed by atoms with Gasteiger partial charge >= 0.3 is 0 Å². The van der Waals surface area contributed by atoms with Crippen LogP contribution in [0.4, 0.5) is 0 Å². The van der Waals surface area contributed by atoms with Crippen molar-refractivity contribution in [2.75, 3.05) is 13.1 Å². The molecular formula is C11H18ClNOS. The molecule has 1 heterocycles. The summed E-state index contributed by atoms with van der Waals surface area (Å²) >= 11 is 7.34. The molecule has 0 amide bonds. The van der Waals surface area contributed by atoms with Crippen LogP contribution in [0.15, 0.2) is 12.1 Å². The first kappa shape index (κ1) is 13.0. The summed E-state index contributed by atoms with van der Waals surface area (Å²) in [5.74, 6) is 0.619. The highest BCUT2D eigenvalue weighted by Crippen LogP contribution is 2.22. The van der Waals surface area contributed by atoms with Crippen LogP contribution in [0.25, 0.3) is 0 Å². The van der Waals surface area contributed by atoms with Crippen molar-refractivity contribution in [3.63, 3.8) is 0 Å². The van der Waals surface area contributed by atoms with E-state index in [1.165, 1.54) is 11.3 Å². The molecule has 15 heavy (non-hydrogen) atoms. The SMILES string of the molecule is CC(C)CNCC(O)Cc1ccc(Cl)s1. The third-order valence-electron chi connectivity index (χ3n) is 2.00. The maximum Gasteiger partial charge on any atom is 0.0931 e. The Bertz CT molecular complexity index is 288. The maximum absolute atomic E-state index is 9.73. The Morgan fingerprint density at radius 2 is 2.13 bits per heavy atom. The van der Waals surface area contributed by atoms with E-state index in [4.69, 9.17) is 11.6 Å². The van der Waals surface area contributed by atoms with Gasteiger partial charge in [0, 0.05) is 17.8 Å². The van der Waals surface area contributed by atoms with Crippen molar-refractivity contribution >= 4 is 22.9 Å². The number of aliphatic hydroxyl groups excluding tert-OH is 1.